The summed E-state index contributed by atoms with van der Waals surface area (Å²) in [6.45, 7) is 6.00. The Morgan fingerprint density at radius 3 is 2.44 bits per heavy atom. The van der Waals surface area contributed by atoms with Crippen LogP contribution in [-0.4, -0.2) is 38.9 Å². The number of ether oxygens (including phenoxy) is 1. The van der Waals surface area contributed by atoms with Gasteiger partial charge in [-0.05, 0) is 44.9 Å². The smallest absolute Gasteiger partial charge is 0.306 e. The molecule has 1 amide bonds. The van der Waals surface area contributed by atoms with Gasteiger partial charge in [0, 0.05) is 24.9 Å². The number of nitrogens with one attached hydrogen (secondary N) is 1. The minimum atomic E-state index is -0.449. The third kappa shape index (κ3) is 6.26. The fraction of sp³-hybridized carbons (Fsp3) is 0.360. The molecule has 0 fully saturated rings. The number of para-hydroxylation sites is 1. The van der Waals surface area contributed by atoms with E-state index in [1.807, 2.05) is 57.2 Å². The van der Waals surface area contributed by atoms with Crippen LogP contribution in [0.5, 0.6) is 0 Å². The molecule has 1 N–H and O–H groups in total. The van der Waals surface area contributed by atoms with Crippen LogP contribution in [0.25, 0.3) is 10.9 Å². The first-order valence-electron chi connectivity index (χ1n) is 10.7. The van der Waals surface area contributed by atoms with E-state index < -0.39 is 11.5 Å². The molecule has 0 saturated heterocycles. The number of esters is 1. The standard InChI is InChI=1S/C25H29N3O4/c1-25(2,3)28(16-18-10-5-4-6-11-18)22(29)17-32-23(30)15-9-14-21-26-20-13-8-7-12-19(20)24(31)27-21/h4-8,10-13H,9,14-17H2,1-3H3,(H,26,27,31). The molecule has 0 unspecified atom stereocenters. The van der Waals surface area contributed by atoms with E-state index in [9.17, 15) is 14.4 Å². The average Bonchev–Trinajstić information content (AvgIpc) is 2.76. The molecule has 2 aromatic carbocycles. The molecule has 1 heterocycles. The Morgan fingerprint density at radius 1 is 1.03 bits per heavy atom. The number of benzene rings is 2. The Hall–Kier alpha value is -3.48. The number of carbonyl (C=O) groups excluding carboxylic acids is 2. The van der Waals surface area contributed by atoms with Gasteiger partial charge in [0.1, 0.15) is 5.82 Å². The van der Waals surface area contributed by atoms with Crippen LogP contribution in [0.2, 0.25) is 0 Å². The molecule has 0 saturated carbocycles. The van der Waals surface area contributed by atoms with E-state index in [0.29, 0.717) is 36.1 Å². The number of nitrogens with zero attached hydrogens (tertiary/aromatic N) is 2. The van der Waals surface area contributed by atoms with Crippen LogP contribution in [0.15, 0.2) is 59.4 Å². The van der Waals surface area contributed by atoms with Gasteiger partial charge in [-0.2, -0.15) is 0 Å². The summed E-state index contributed by atoms with van der Waals surface area (Å²) in [7, 11) is 0. The second-order valence-corrected chi connectivity index (χ2v) is 8.68. The van der Waals surface area contributed by atoms with Gasteiger partial charge in [-0.1, -0.05) is 42.5 Å². The normalized spacial score (nSPS) is 11.3. The van der Waals surface area contributed by atoms with Gasteiger partial charge >= 0.3 is 5.97 Å². The topological polar surface area (TPSA) is 92.4 Å². The second kappa shape index (κ2) is 10.2. The van der Waals surface area contributed by atoms with Gasteiger partial charge in [0.05, 0.1) is 10.9 Å². The van der Waals surface area contributed by atoms with Crippen molar-refractivity contribution < 1.29 is 14.3 Å². The van der Waals surface area contributed by atoms with Gasteiger partial charge < -0.3 is 14.6 Å². The highest BCUT2D eigenvalue weighted by Gasteiger charge is 2.27. The Kier molecular flexibility index (Phi) is 7.41. The molecule has 3 rings (SSSR count). The van der Waals surface area contributed by atoms with Crippen molar-refractivity contribution in [1.82, 2.24) is 14.9 Å². The first-order valence-corrected chi connectivity index (χ1v) is 10.7. The fourth-order valence-corrected chi connectivity index (χ4v) is 3.41. The molecule has 0 aliphatic carbocycles. The molecule has 0 aliphatic heterocycles. The summed E-state index contributed by atoms with van der Waals surface area (Å²) in [5.41, 5.74) is 1.03. The zero-order chi connectivity index (χ0) is 23.1. The number of amides is 1. The van der Waals surface area contributed by atoms with Gasteiger partial charge in [-0.25, -0.2) is 4.98 Å². The minimum Gasteiger partial charge on any atom is -0.456 e. The lowest BCUT2D eigenvalue weighted by atomic mass is 10.0. The summed E-state index contributed by atoms with van der Waals surface area (Å²) < 4.78 is 5.23. The van der Waals surface area contributed by atoms with Crippen LogP contribution in [0.4, 0.5) is 0 Å². The molecule has 7 nitrogen and oxygen atoms in total. The molecule has 32 heavy (non-hydrogen) atoms. The van der Waals surface area contributed by atoms with Crippen LogP contribution in [0, 0.1) is 0 Å². The Bertz CT molecular complexity index is 1130. The van der Waals surface area contributed by atoms with E-state index in [2.05, 4.69) is 9.97 Å². The minimum absolute atomic E-state index is 0.137. The second-order valence-electron chi connectivity index (χ2n) is 8.68. The third-order valence-electron chi connectivity index (χ3n) is 5.11. The largest absolute Gasteiger partial charge is 0.456 e. The molecule has 0 spiro atoms. The highest BCUT2D eigenvalue weighted by molar-refractivity contribution is 5.81. The molecule has 0 bridgehead atoms. The average molecular weight is 436 g/mol. The number of hydrogen-bond acceptors (Lipinski definition) is 5. The van der Waals surface area contributed by atoms with Crippen molar-refractivity contribution in [1.29, 1.82) is 0 Å². The van der Waals surface area contributed by atoms with E-state index in [4.69, 9.17) is 4.74 Å². The molecule has 3 aromatic rings. The maximum Gasteiger partial charge on any atom is 0.306 e. The molecule has 0 atom stereocenters. The van der Waals surface area contributed by atoms with Crippen LogP contribution < -0.4 is 5.56 Å². The summed E-state index contributed by atoms with van der Waals surface area (Å²) in [5.74, 6) is -0.162. The predicted molar refractivity (Wildman–Crippen MR) is 123 cm³/mol. The molecule has 168 valence electrons. The van der Waals surface area contributed by atoms with Crippen molar-refractivity contribution in [2.45, 2.75) is 52.1 Å². The van der Waals surface area contributed by atoms with Crippen molar-refractivity contribution in [3.05, 3.63) is 76.3 Å². The highest BCUT2D eigenvalue weighted by Crippen LogP contribution is 2.18. The number of aryl methyl sites for hydroxylation is 1. The van der Waals surface area contributed by atoms with Crippen LogP contribution in [0.1, 0.15) is 45.0 Å². The van der Waals surface area contributed by atoms with E-state index in [-0.39, 0.29) is 24.5 Å². The van der Waals surface area contributed by atoms with Crippen LogP contribution in [0.3, 0.4) is 0 Å². The Labute approximate surface area is 187 Å². The Morgan fingerprint density at radius 2 is 1.72 bits per heavy atom. The number of fused-ring (bicyclic) bond motifs is 1. The van der Waals surface area contributed by atoms with E-state index in [1.54, 1.807) is 23.1 Å². The zero-order valence-corrected chi connectivity index (χ0v) is 18.8. The molecular weight excluding hydrogens is 406 g/mol. The van der Waals surface area contributed by atoms with Crippen LogP contribution in [-0.2, 0) is 27.3 Å². The quantitative estimate of drug-likeness (QED) is 0.546. The number of rotatable bonds is 8. The van der Waals surface area contributed by atoms with Crippen LogP contribution >= 0.6 is 0 Å². The van der Waals surface area contributed by atoms with Crippen molar-refractivity contribution in [3.63, 3.8) is 0 Å². The maximum atomic E-state index is 12.8. The monoisotopic (exact) mass is 435 g/mol. The van der Waals surface area contributed by atoms with Gasteiger partial charge in [0.15, 0.2) is 6.61 Å². The summed E-state index contributed by atoms with van der Waals surface area (Å²) in [5, 5.41) is 0.535. The number of aromatic amines is 1. The SMILES string of the molecule is CC(C)(C)N(Cc1ccccc1)C(=O)COC(=O)CCCc1nc2ccccc2c(=O)[nH]1. The van der Waals surface area contributed by atoms with E-state index in [0.717, 1.165) is 5.56 Å². The lowest BCUT2D eigenvalue weighted by molar-refractivity contribution is -0.154. The summed E-state index contributed by atoms with van der Waals surface area (Å²) in [4.78, 5) is 45.9. The van der Waals surface area contributed by atoms with E-state index in [1.165, 1.54) is 0 Å². The van der Waals surface area contributed by atoms with Gasteiger partial charge in [-0.15, -0.1) is 0 Å². The van der Waals surface area contributed by atoms with Crippen molar-refractivity contribution in [2.75, 3.05) is 6.61 Å². The van der Waals surface area contributed by atoms with E-state index >= 15 is 0 Å². The summed E-state index contributed by atoms with van der Waals surface area (Å²) in [6, 6.07) is 16.8. The molecular formula is C25H29N3O4. The lowest BCUT2D eigenvalue weighted by Crippen LogP contribution is -2.46. The van der Waals surface area contributed by atoms with Crippen molar-refractivity contribution >= 4 is 22.8 Å². The highest BCUT2D eigenvalue weighted by atomic mass is 16.5. The number of aromatic nitrogens is 2. The third-order valence-corrected chi connectivity index (χ3v) is 5.11. The maximum absolute atomic E-state index is 12.8. The fourth-order valence-electron chi connectivity index (χ4n) is 3.41. The number of hydrogen-bond donors (Lipinski definition) is 1. The molecule has 7 heteroatoms. The summed E-state index contributed by atoms with van der Waals surface area (Å²) in [6.07, 6.45) is 1.03. The van der Waals surface area contributed by atoms with Crippen molar-refractivity contribution in [2.24, 2.45) is 0 Å². The lowest BCUT2D eigenvalue weighted by Gasteiger charge is -2.35. The van der Waals surface area contributed by atoms with Gasteiger partial charge in [0.25, 0.3) is 11.5 Å². The Balaban J connectivity index is 1.50. The number of carbonyl (C=O) groups is 2. The summed E-state index contributed by atoms with van der Waals surface area (Å²) >= 11 is 0. The first kappa shape index (κ1) is 23.2. The van der Waals surface area contributed by atoms with Crippen molar-refractivity contribution in [3.8, 4) is 0 Å². The molecule has 1 aromatic heterocycles. The predicted octanol–water partition coefficient (Wildman–Crippen LogP) is 3.62. The van der Waals surface area contributed by atoms with Gasteiger partial charge in [0.2, 0.25) is 0 Å². The first-order chi connectivity index (χ1) is 15.2. The molecule has 0 aliphatic rings. The zero-order valence-electron chi connectivity index (χ0n) is 18.8. The van der Waals surface area contributed by atoms with Gasteiger partial charge in [-0.3, -0.25) is 14.4 Å². The molecule has 0 radical (unpaired) electrons. The number of H-pyrrole nitrogens is 1.